The van der Waals surface area contributed by atoms with E-state index in [0.717, 1.165) is 18.9 Å². The van der Waals surface area contributed by atoms with Crippen LogP contribution in [0.15, 0.2) is 4.99 Å². The molecular weight excluding hydrogens is 202 g/mol. The van der Waals surface area contributed by atoms with E-state index in [-0.39, 0.29) is 12.5 Å². The van der Waals surface area contributed by atoms with Crippen molar-refractivity contribution in [1.29, 1.82) is 0 Å². The first-order valence-corrected chi connectivity index (χ1v) is 6.66. The van der Waals surface area contributed by atoms with Gasteiger partial charge in [0.2, 0.25) is 0 Å². The Kier molecular flexibility index (Phi) is 7.23. The molecule has 0 radical (unpaired) electrons. The summed E-state index contributed by atoms with van der Waals surface area (Å²) in [6.07, 6.45) is 8.77. The zero-order valence-corrected chi connectivity index (χ0v) is 10.5. The summed E-state index contributed by atoms with van der Waals surface area (Å²) < 4.78 is 5.39. The van der Waals surface area contributed by atoms with Crippen LogP contribution in [-0.2, 0) is 4.74 Å². The van der Waals surface area contributed by atoms with Crippen LogP contribution in [0.2, 0.25) is 0 Å². The Balaban J connectivity index is 2.05. The van der Waals surface area contributed by atoms with Gasteiger partial charge in [-0.3, -0.25) is 4.99 Å². The number of hydrogen-bond acceptors (Lipinski definition) is 3. The van der Waals surface area contributed by atoms with Crippen molar-refractivity contribution >= 4 is 5.90 Å². The Morgan fingerprint density at radius 1 is 1.25 bits per heavy atom. The lowest BCUT2D eigenvalue weighted by Gasteiger charge is -2.13. The second-order valence-corrected chi connectivity index (χ2v) is 4.50. The van der Waals surface area contributed by atoms with Crippen molar-refractivity contribution in [3.8, 4) is 0 Å². The van der Waals surface area contributed by atoms with E-state index in [1.807, 2.05) is 0 Å². The van der Waals surface area contributed by atoms with Gasteiger partial charge in [-0.05, 0) is 6.42 Å². The van der Waals surface area contributed by atoms with Crippen LogP contribution >= 0.6 is 0 Å². The predicted molar refractivity (Wildman–Crippen MR) is 66.8 cm³/mol. The van der Waals surface area contributed by atoms with E-state index in [0.29, 0.717) is 6.61 Å². The van der Waals surface area contributed by atoms with Crippen molar-refractivity contribution < 1.29 is 9.84 Å². The van der Waals surface area contributed by atoms with Gasteiger partial charge >= 0.3 is 0 Å². The Bertz CT molecular complexity index is 204. The summed E-state index contributed by atoms with van der Waals surface area (Å²) in [5.74, 6) is 0.935. The van der Waals surface area contributed by atoms with Crippen LogP contribution in [0.4, 0.5) is 0 Å². The van der Waals surface area contributed by atoms with Gasteiger partial charge in [0, 0.05) is 0 Å². The van der Waals surface area contributed by atoms with Crippen molar-refractivity contribution in [2.45, 2.75) is 51.9 Å². The zero-order chi connectivity index (χ0) is 11.6. The van der Waals surface area contributed by atoms with Gasteiger partial charge in [0.25, 0.3) is 0 Å². The maximum Gasteiger partial charge on any atom is 0.188 e. The van der Waals surface area contributed by atoms with Crippen molar-refractivity contribution in [2.75, 3.05) is 19.8 Å². The summed E-state index contributed by atoms with van der Waals surface area (Å²) in [5.41, 5.74) is 0. The van der Waals surface area contributed by atoms with E-state index in [4.69, 9.17) is 4.74 Å². The average Bonchev–Trinajstić information content (AvgIpc) is 2.82. The van der Waals surface area contributed by atoms with Gasteiger partial charge in [-0.2, -0.15) is 0 Å². The van der Waals surface area contributed by atoms with E-state index < -0.39 is 0 Å². The minimum absolute atomic E-state index is 0.147. The fraction of sp³-hybridized carbons (Fsp3) is 0.923. The molecule has 0 spiro atoms. The van der Waals surface area contributed by atoms with Crippen LogP contribution in [-0.4, -0.2) is 30.8 Å². The van der Waals surface area contributed by atoms with Crippen molar-refractivity contribution in [3.63, 3.8) is 0 Å². The monoisotopic (exact) mass is 227 g/mol. The van der Waals surface area contributed by atoms with Crippen LogP contribution in [0.25, 0.3) is 0 Å². The Morgan fingerprint density at radius 2 is 2.00 bits per heavy atom. The van der Waals surface area contributed by atoms with Gasteiger partial charge in [-0.25, -0.2) is 0 Å². The normalized spacial score (nSPS) is 17.0. The molecule has 1 rings (SSSR count). The van der Waals surface area contributed by atoms with Gasteiger partial charge in [0.05, 0.1) is 19.1 Å². The molecule has 16 heavy (non-hydrogen) atoms. The largest absolute Gasteiger partial charge is 0.479 e. The first-order valence-electron chi connectivity index (χ1n) is 6.66. The topological polar surface area (TPSA) is 41.8 Å². The van der Waals surface area contributed by atoms with Gasteiger partial charge in [-0.1, -0.05) is 45.4 Å². The van der Waals surface area contributed by atoms with E-state index in [1.165, 1.54) is 38.5 Å². The van der Waals surface area contributed by atoms with Crippen LogP contribution in [0, 0.1) is 5.92 Å². The second-order valence-electron chi connectivity index (χ2n) is 4.50. The number of unbranched alkanes of at least 4 members (excludes halogenated alkanes) is 5. The number of aliphatic hydroxyl groups excluding tert-OH is 1. The van der Waals surface area contributed by atoms with Crippen LogP contribution < -0.4 is 0 Å². The quantitative estimate of drug-likeness (QED) is 0.615. The molecule has 0 saturated carbocycles. The highest BCUT2D eigenvalue weighted by Crippen LogP contribution is 2.16. The number of hydrogen-bond donors (Lipinski definition) is 1. The van der Waals surface area contributed by atoms with Crippen LogP contribution in [0.5, 0.6) is 0 Å². The molecule has 1 N–H and O–H groups in total. The maximum absolute atomic E-state index is 9.27. The maximum atomic E-state index is 9.27. The second kappa shape index (κ2) is 8.57. The van der Waals surface area contributed by atoms with Crippen LogP contribution in [0.1, 0.15) is 51.9 Å². The molecule has 0 aliphatic carbocycles. The standard InChI is InChI=1S/C13H25NO2/c1-2-3-4-5-6-7-8-12(11-15)13-14-9-10-16-13/h12,15H,2-11H2,1H3. The molecule has 1 unspecified atom stereocenters. The highest BCUT2D eigenvalue weighted by Gasteiger charge is 2.19. The van der Waals surface area contributed by atoms with E-state index in [1.54, 1.807) is 0 Å². The van der Waals surface area contributed by atoms with Crippen molar-refractivity contribution in [3.05, 3.63) is 0 Å². The first-order chi connectivity index (χ1) is 7.88. The molecule has 0 amide bonds. The third kappa shape index (κ3) is 4.97. The third-order valence-corrected chi connectivity index (χ3v) is 3.08. The van der Waals surface area contributed by atoms with Crippen molar-refractivity contribution in [1.82, 2.24) is 0 Å². The number of ether oxygens (including phenoxy) is 1. The molecule has 1 atom stereocenters. The van der Waals surface area contributed by atoms with E-state index in [9.17, 15) is 5.11 Å². The van der Waals surface area contributed by atoms with Gasteiger partial charge in [0.15, 0.2) is 5.90 Å². The smallest absolute Gasteiger partial charge is 0.188 e. The fourth-order valence-electron chi connectivity index (χ4n) is 2.06. The molecule has 0 bridgehead atoms. The average molecular weight is 227 g/mol. The molecule has 1 aliphatic heterocycles. The van der Waals surface area contributed by atoms with Gasteiger partial charge < -0.3 is 9.84 Å². The number of aliphatic hydroxyl groups is 1. The molecule has 0 fully saturated rings. The summed E-state index contributed by atoms with van der Waals surface area (Å²) in [5, 5.41) is 9.27. The summed E-state index contributed by atoms with van der Waals surface area (Å²) in [7, 11) is 0. The Morgan fingerprint density at radius 3 is 2.62 bits per heavy atom. The number of nitrogens with zero attached hydrogens (tertiary/aromatic N) is 1. The molecule has 0 saturated heterocycles. The first kappa shape index (κ1) is 13.5. The Hall–Kier alpha value is -0.570. The molecule has 0 aromatic rings. The SMILES string of the molecule is CCCCCCCCC(CO)C1=NCCO1. The minimum atomic E-state index is 0.147. The minimum Gasteiger partial charge on any atom is -0.479 e. The molecule has 0 aromatic heterocycles. The summed E-state index contributed by atoms with van der Waals surface area (Å²) >= 11 is 0. The number of aliphatic imine (C=N–C) groups is 1. The van der Waals surface area contributed by atoms with Gasteiger partial charge in [-0.15, -0.1) is 0 Å². The summed E-state index contributed by atoms with van der Waals surface area (Å²) in [6, 6.07) is 0. The predicted octanol–water partition coefficient (Wildman–Crippen LogP) is 2.77. The summed E-state index contributed by atoms with van der Waals surface area (Å²) in [4.78, 5) is 4.27. The third-order valence-electron chi connectivity index (χ3n) is 3.08. The molecule has 3 heteroatoms. The highest BCUT2D eigenvalue weighted by molar-refractivity contribution is 5.79. The highest BCUT2D eigenvalue weighted by atomic mass is 16.5. The fourth-order valence-corrected chi connectivity index (χ4v) is 2.06. The van der Waals surface area contributed by atoms with Crippen LogP contribution in [0.3, 0.4) is 0 Å². The molecule has 0 aromatic carbocycles. The molecule has 1 aliphatic rings. The lowest BCUT2D eigenvalue weighted by atomic mass is 10.0. The molecule has 94 valence electrons. The van der Waals surface area contributed by atoms with Gasteiger partial charge in [0.1, 0.15) is 6.61 Å². The number of rotatable bonds is 9. The Labute approximate surface area is 98.9 Å². The lowest BCUT2D eigenvalue weighted by Crippen LogP contribution is -2.18. The molecule has 1 heterocycles. The molecular formula is C13H25NO2. The molecule has 3 nitrogen and oxygen atoms in total. The summed E-state index contributed by atoms with van der Waals surface area (Å²) in [6.45, 7) is 3.87. The van der Waals surface area contributed by atoms with Crippen molar-refractivity contribution in [2.24, 2.45) is 10.9 Å². The van der Waals surface area contributed by atoms with E-state index in [2.05, 4.69) is 11.9 Å². The van der Waals surface area contributed by atoms with E-state index >= 15 is 0 Å². The lowest BCUT2D eigenvalue weighted by molar-refractivity contribution is 0.225. The zero-order valence-electron chi connectivity index (χ0n) is 10.5.